The van der Waals surface area contributed by atoms with Crippen LogP contribution in [0.1, 0.15) is 17.4 Å². The van der Waals surface area contributed by atoms with Crippen LogP contribution >= 0.6 is 43.2 Å². The lowest BCUT2D eigenvalue weighted by Gasteiger charge is -2.34. The Morgan fingerprint density at radius 2 is 1.54 bits per heavy atom. The number of anilines is 2. The molecule has 2 aromatic carbocycles. The SMILES string of the molecule is Cc1csc(C2(O)[C@H](C)N(c3ccc(Br)cc3)C(=O)N2c2ccc(Br)cc2)c1. The van der Waals surface area contributed by atoms with Gasteiger partial charge in [-0.3, -0.25) is 9.80 Å². The second kappa shape index (κ2) is 7.30. The van der Waals surface area contributed by atoms with Crippen LogP contribution in [0.5, 0.6) is 0 Å². The number of nitrogens with zero attached hydrogens (tertiary/aromatic N) is 2. The largest absolute Gasteiger partial charge is 0.364 e. The first-order valence-corrected chi connectivity index (χ1v) is 11.2. The molecule has 2 amide bonds. The lowest BCUT2D eigenvalue weighted by molar-refractivity contribution is 0.0409. The van der Waals surface area contributed by atoms with E-state index in [9.17, 15) is 9.90 Å². The number of benzene rings is 2. The van der Waals surface area contributed by atoms with E-state index in [4.69, 9.17) is 0 Å². The first-order chi connectivity index (χ1) is 13.3. The van der Waals surface area contributed by atoms with Gasteiger partial charge in [-0.25, -0.2) is 4.79 Å². The Morgan fingerprint density at radius 1 is 1.00 bits per heavy atom. The standard InChI is InChI=1S/C21H18Br2N2O2S/c1-13-11-19(28-12-13)21(27)14(2)24(17-7-3-15(22)4-8-17)20(26)25(21)18-9-5-16(23)6-10-18/h3-12,14,27H,1-2H3/t14-,21?/m0/s1. The van der Waals surface area contributed by atoms with Gasteiger partial charge in [-0.1, -0.05) is 31.9 Å². The van der Waals surface area contributed by atoms with Gasteiger partial charge in [0.15, 0.2) is 0 Å². The minimum Gasteiger partial charge on any atom is -0.364 e. The van der Waals surface area contributed by atoms with Gasteiger partial charge in [0.05, 0.1) is 10.9 Å². The van der Waals surface area contributed by atoms with Crippen molar-refractivity contribution in [3.8, 4) is 0 Å². The van der Waals surface area contributed by atoms with Crippen molar-refractivity contribution in [1.29, 1.82) is 0 Å². The maximum Gasteiger partial charge on any atom is 0.332 e. The van der Waals surface area contributed by atoms with Gasteiger partial charge in [0, 0.05) is 20.3 Å². The molecule has 1 aliphatic rings. The summed E-state index contributed by atoms with van der Waals surface area (Å²) in [6.07, 6.45) is 0. The third-order valence-corrected chi connectivity index (χ3v) is 7.21. The van der Waals surface area contributed by atoms with E-state index in [-0.39, 0.29) is 6.03 Å². The summed E-state index contributed by atoms with van der Waals surface area (Å²) in [5.41, 5.74) is 0.975. The maximum atomic E-state index is 13.6. The molecule has 1 saturated heterocycles. The van der Waals surface area contributed by atoms with Crippen molar-refractivity contribution in [2.75, 3.05) is 9.80 Å². The number of amides is 2. The van der Waals surface area contributed by atoms with Crippen LogP contribution in [0.3, 0.4) is 0 Å². The topological polar surface area (TPSA) is 43.8 Å². The monoisotopic (exact) mass is 520 g/mol. The van der Waals surface area contributed by atoms with Crippen molar-refractivity contribution in [3.63, 3.8) is 0 Å². The summed E-state index contributed by atoms with van der Waals surface area (Å²) in [5, 5.41) is 13.9. The van der Waals surface area contributed by atoms with Crippen LogP contribution in [0.4, 0.5) is 16.2 Å². The fourth-order valence-electron chi connectivity index (χ4n) is 3.56. The van der Waals surface area contributed by atoms with E-state index in [0.29, 0.717) is 5.69 Å². The van der Waals surface area contributed by atoms with Crippen LogP contribution in [0.15, 0.2) is 68.9 Å². The molecule has 1 N–H and O–H groups in total. The van der Waals surface area contributed by atoms with E-state index in [1.165, 1.54) is 16.2 Å². The van der Waals surface area contributed by atoms with Crippen molar-refractivity contribution in [3.05, 3.63) is 79.4 Å². The smallest absolute Gasteiger partial charge is 0.332 e. The van der Waals surface area contributed by atoms with E-state index in [1.807, 2.05) is 73.8 Å². The van der Waals surface area contributed by atoms with Crippen molar-refractivity contribution in [1.82, 2.24) is 0 Å². The van der Waals surface area contributed by atoms with Crippen LogP contribution in [-0.4, -0.2) is 17.2 Å². The zero-order valence-electron chi connectivity index (χ0n) is 15.3. The number of rotatable bonds is 3. The van der Waals surface area contributed by atoms with Crippen molar-refractivity contribution >= 4 is 60.6 Å². The van der Waals surface area contributed by atoms with Crippen molar-refractivity contribution in [2.24, 2.45) is 0 Å². The van der Waals surface area contributed by atoms with Gasteiger partial charge in [-0.2, -0.15) is 0 Å². The van der Waals surface area contributed by atoms with Crippen LogP contribution in [0.2, 0.25) is 0 Å². The second-order valence-corrected chi connectivity index (χ2v) is 9.57. The Labute approximate surface area is 184 Å². The summed E-state index contributed by atoms with van der Waals surface area (Å²) in [6, 6.07) is 16.2. The molecule has 28 heavy (non-hydrogen) atoms. The normalized spacial score (nSPS) is 22.2. The molecule has 1 aromatic heterocycles. The van der Waals surface area contributed by atoms with E-state index >= 15 is 0 Å². The number of halogens is 2. The average Bonchev–Trinajstić information content (AvgIpc) is 3.19. The molecule has 2 heterocycles. The molecule has 0 spiro atoms. The minimum atomic E-state index is -1.48. The summed E-state index contributed by atoms with van der Waals surface area (Å²) >= 11 is 8.34. The first kappa shape index (κ1) is 19.6. The summed E-state index contributed by atoms with van der Waals surface area (Å²) in [5.74, 6) is 0. The number of carbonyl (C=O) groups excluding carboxylic acids is 1. The molecular weight excluding hydrogens is 504 g/mol. The van der Waals surface area contributed by atoms with E-state index in [1.54, 1.807) is 4.90 Å². The van der Waals surface area contributed by atoms with Crippen LogP contribution < -0.4 is 9.80 Å². The van der Waals surface area contributed by atoms with Gasteiger partial charge in [-0.05, 0) is 79.4 Å². The Balaban J connectivity index is 1.88. The Bertz CT molecular complexity index is 1020. The van der Waals surface area contributed by atoms with Gasteiger partial charge >= 0.3 is 6.03 Å². The summed E-state index contributed by atoms with van der Waals surface area (Å²) in [6.45, 7) is 3.87. The summed E-state index contributed by atoms with van der Waals surface area (Å²) in [4.78, 5) is 17.5. The lowest BCUT2D eigenvalue weighted by Crippen LogP contribution is -2.47. The quantitative estimate of drug-likeness (QED) is 0.442. The minimum absolute atomic E-state index is 0.259. The summed E-state index contributed by atoms with van der Waals surface area (Å²) < 4.78 is 1.85. The maximum absolute atomic E-state index is 13.6. The van der Waals surface area contributed by atoms with Gasteiger partial charge in [0.2, 0.25) is 5.72 Å². The molecule has 3 aromatic rings. The number of aryl methyl sites for hydroxylation is 1. The number of thiophene rings is 1. The Kier molecular flexibility index (Phi) is 5.12. The van der Waals surface area contributed by atoms with Gasteiger partial charge in [-0.15, -0.1) is 11.3 Å². The first-order valence-electron chi connectivity index (χ1n) is 8.75. The molecule has 0 bridgehead atoms. The second-order valence-electron chi connectivity index (χ2n) is 6.83. The molecule has 144 valence electrons. The van der Waals surface area contributed by atoms with Crippen LogP contribution in [-0.2, 0) is 5.72 Å². The molecule has 7 heteroatoms. The summed E-state index contributed by atoms with van der Waals surface area (Å²) in [7, 11) is 0. The number of carbonyl (C=O) groups is 1. The third kappa shape index (κ3) is 3.10. The molecule has 0 aliphatic carbocycles. The zero-order valence-corrected chi connectivity index (χ0v) is 19.3. The van der Waals surface area contributed by atoms with E-state index in [2.05, 4.69) is 31.9 Å². The fourth-order valence-corrected chi connectivity index (χ4v) is 5.16. The molecular formula is C21H18Br2N2O2S. The highest BCUT2D eigenvalue weighted by molar-refractivity contribution is 9.10. The molecule has 4 nitrogen and oxygen atoms in total. The molecule has 0 radical (unpaired) electrons. The highest BCUT2D eigenvalue weighted by Crippen LogP contribution is 2.46. The van der Waals surface area contributed by atoms with Gasteiger partial charge < -0.3 is 5.11 Å². The molecule has 0 saturated carbocycles. The number of hydrogen-bond donors (Lipinski definition) is 1. The molecule has 1 aliphatic heterocycles. The number of aliphatic hydroxyl groups is 1. The Morgan fingerprint density at radius 3 is 2.04 bits per heavy atom. The number of urea groups is 1. The van der Waals surface area contributed by atoms with Crippen LogP contribution in [0, 0.1) is 6.92 Å². The van der Waals surface area contributed by atoms with Crippen molar-refractivity contribution < 1.29 is 9.90 Å². The predicted octanol–water partition coefficient (Wildman–Crippen LogP) is 6.26. The highest BCUT2D eigenvalue weighted by atomic mass is 79.9. The van der Waals surface area contributed by atoms with E-state index in [0.717, 1.165) is 25.1 Å². The van der Waals surface area contributed by atoms with Gasteiger partial charge in [0.1, 0.15) is 0 Å². The average molecular weight is 522 g/mol. The molecule has 2 atom stereocenters. The zero-order chi connectivity index (χ0) is 20.1. The third-order valence-electron chi connectivity index (χ3n) is 4.99. The number of hydrogen-bond acceptors (Lipinski definition) is 3. The Hall–Kier alpha value is -1.67. The van der Waals surface area contributed by atoms with Gasteiger partial charge in [0.25, 0.3) is 0 Å². The predicted molar refractivity (Wildman–Crippen MR) is 121 cm³/mol. The van der Waals surface area contributed by atoms with Crippen molar-refractivity contribution in [2.45, 2.75) is 25.6 Å². The highest BCUT2D eigenvalue weighted by Gasteiger charge is 2.57. The van der Waals surface area contributed by atoms with Crippen LogP contribution in [0.25, 0.3) is 0 Å². The lowest BCUT2D eigenvalue weighted by atomic mass is 10.0. The fraction of sp³-hybridized carbons (Fsp3) is 0.190. The molecule has 1 unspecified atom stereocenters. The molecule has 1 fully saturated rings. The molecule has 4 rings (SSSR count). The van der Waals surface area contributed by atoms with E-state index < -0.39 is 11.8 Å².